The number of hydrogen-bond acceptors (Lipinski definition) is 2. The lowest BCUT2D eigenvalue weighted by molar-refractivity contribution is -0.133. The molecule has 1 aliphatic heterocycles. The van der Waals surface area contributed by atoms with Crippen LogP contribution in [0.25, 0.3) is 0 Å². The first-order chi connectivity index (χ1) is 7.29. The van der Waals surface area contributed by atoms with E-state index in [9.17, 15) is 4.79 Å². The Hall–Kier alpha value is -1.01. The number of nitrogens with zero attached hydrogens (tertiary/aromatic N) is 1. The molecule has 0 saturated carbocycles. The number of rotatable bonds is 5. The molecule has 3 nitrogen and oxygen atoms in total. The molecule has 0 bridgehead atoms. The fraction of sp³-hybridized carbons (Fsp3) is 0.750. The van der Waals surface area contributed by atoms with Crippen molar-refractivity contribution in [2.75, 3.05) is 19.6 Å². The molecule has 1 amide bonds. The molecule has 15 heavy (non-hydrogen) atoms. The number of hydrogen-bond donors (Lipinski definition) is 1. The van der Waals surface area contributed by atoms with E-state index in [2.05, 4.69) is 18.2 Å². The highest BCUT2D eigenvalue weighted by Gasteiger charge is 2.24. The third-order valence-electron chi connectivity index (χ3n) is 2.74. The number of nitrogens with one attached hydrogen (secondary N) is 1. The first-order valence-electron chi connectivity index (χ1n) is 5.73. The lowest BCUT2D eigenvalue weighted by Crippen LogP contribution is -2.41. The third kappa shape index (κ3) is 3.56. The van der Waals surface area contributed by atoms with E-state index in [-0.39, 0.29) is 5.91 Å². The molecule has 1 unspecified atom stereocenters. The summed E-state index contributed by atoms with van der Waals surface area (Å²) < 4.78 is 0. The van der Waals surface area contributed by atoms with Crippen LogP contribution in [-0.4, -0.2) is 36.5 Å². The maximum Gasteiger partial charge on any atom is 0.223 e. The van der Waals surface area contributed by atoms with Crippen LogP contribution in [0, 0.1) is 12.3 Å². The Bertz CT molecular complexity index is 238. The molecule has 1 atom stereocenters. The first kappa shape index (κ1) is 12.1. The number of carbonyl (C=O) groups is 1. The molecule has 3 heteroatoms. The highest BCUT2D eigenvalue weighted by Crippen LogP contribution is 2.11. The van der Waals surface area contributed by atoms with Gasteiger partial charge in [0, 0.05) is 32.0 Å². The molecular weight excluding hydrogens is 188 g/mol. The number of terminal acetylenes is 1. The second kappa shape index (κ2) is 6.47. The number of amides is 1. The summed E-state index contributed by atoms with van der Waals surface area (Å²) >= 11 is 0. The minimum atomic E-state index is 0.212. The van der Waals surface area contributed by atoms with E-state index >= 15 is 0 Å². The fourth-order valence-electron chi connectivity index (χ4n) is 1.98. The van der Waals surface area contributed by atoms with Gasteiger partial charge in [0.05, 0.1) is 0 Å². The molecule has 1 aliphatic rings. The minimum absolute atomic E-state index is 0.212. The van der Waals surface area contributed by atoms with Gasteiger partial charge in [-0.15, -0.1) is 12.3 Å². The van der Waals surface area contributed by atoms with Crippen molar-refractivity contribution < 1.29 is 4.79 Å². The van der Waals surface area contributed by atoms with Crippen LogP contribution >= 0.6 is 0 Å². The Morgan fingerprint density at radius 3 is 3.00 bits per heavy atom. The molecule has 84 valence electrons. The molecule has 1 heterocycles. The molecule has 0 spiro atoms. The molecule has 1 N–H and O–H groups in total. The largest absolute Gasteiger partial charge is 0.338 e. The molecule has 0 aliphatic carbocycles. The van der Waals surface area contributed by atoms with Crippen LogP contribution in [0.4, 0.5) is 0 Å². The van der Waals surface area contributed by atoms with E-state index in [1.54, 1.807) is 0 Å². The Labute approximate surface area is 92.2 Å². The zero-order valence-electron chi connectivity index (χ0n) is 9.46. The normalized spacial score (nSPS) is 19.9. The summed E-state index contributed by atoms with van der Waals surface area (Å²) in [5.74, 6) is 2.73. The van der Waals surface area contributed by atoms with E-state index in [1.807, 2.05) is 4.90 Å². The van der Waals surface area contributed by atoms with Crippen molar-refractivity contribution in [3.8, 4) is 12.3 Å². The van der Waals surface area contributed by atoms with Crippen LogP contribution in [0.15, 0.2) is 0 Å². The Morgan fingerprint density at radius 2 is 2.47 bits per heavy atom. The van der Waals surface area contributed by atoms with Crippen molar-refractivity contribution in [3.05, 3.63) is 0 Å². The molecule has 0 radical (unpaired) electrons. The van der Waals surface area contributed by atoms with Crippen LogP contribution in [0.5, 0.6) is 0 Å². The van der Waals surface area contributed by atoms with Crippen LogP contribution < -0.4 is 5.32 Å². The maximum atomic E-state index is 11.9. The second-order valence-electron chi connectivity index (χ2n) is 3.94. The topological polar surface area (TPSA) is 32.3 Å². The summed E-state index contributed by atoms with van der Waals surface area (Å²) in [6.07, 6.45) is 8.30. The average molecular weight is 208 g/mol. The van der Waals surface area contributed by atoms with Crippen LogP contribution in [0.1, 0.15) is 32.6 Å². The molecule has 0 aromatic rings. The summed E-state index contributed by atoms with van der Waals surface area (Å²) in [7, 11) is 0. The van der Waals surface area contributed by atoms with Crippen molar-refractivity contribution in [3.63, 3.8) is 0 Å². The van der Waals surface area contributed by atoms with Crippen LogP contribution in [-0.2, 0) is 4.79 Å². The average Bonchev–Trinajstić information content (AvgIpc) is 2.75. The lowest BCUT2D eigenvalue weighted by Gasteiger charge is -2.28. The van der Waals surface area contributed by atoms with Crippen LogP contribution in [0.2, 0.25) is 0 Å². The fourth-order valence-corrected chi connectivity index (χ4v) is 1.98. The molecule has 1 fully saturated rings. The summed E-state index contributed by atoms with van der Waals surface area (Å²) in [4.78, 5) is 13.9. The summed E-state index contributed by atoms with van der Waals surface area (Å²) in [6.45, 7) is 4.91. The van der Waals surface area contributed by atoms with Crippen molar-refractivity contribution in [1.82, 2.24) is 10.2 Å². The molecule has 1 saturated heterocycles. The van der Waals surface area contributed by atoms with Gasteiger partial charge in [0.25, 0.3) is 0 Å². The van der Waals surface area contributed by atoms with E-state index in [0.717, 1.165) is 32.5 Å². The SMILES string of the molecule is C#CCCC(=O)N(CCC)C1CCNC1. The predicted molar refractivity (Wildman–Crippen MR) is 61.3 cm³/mol. The summed E-state index contributed by atoms with van der Waals surface area (Å²) in [5.41, 5.74) is 0. The molecule has 0 aromatic carbocycles. The van der Waals surface area contributed by atoms with Gasteiger partial charge in [-0.2, -0.15) is 0 Å². The van der Waals surface area contributed by atoms with Gasteiger partial charge < -0.3 is 10.2 Å². The smallest absolute Gasteiger partial charge is 0.223 e. The minimum Gasteiger partial charge on any atom is -0.338 e. The van der Waals surface area contributed by atoms with Gasteiger partial charge in [-0.05, 0) is 19.4 Å². The van der Waals surface area contributed by atoms with Crippen molar-refractivity contribution in [2.45, 2.75) is 38.6 Å². The van der Waals surface area contributed by atoms with Crippen molar-refractivity contribution in [2.24, 2.45) is 0 Å². The zero-order valence-corrected chi connectivity index (χ0v) is 9.46. The van der Waals surface area contributed by atoms with Gasteiger partial charge in [0.15, 0.2) is 0 Å². The molecule has 0 aromatic heterocycles. The molecular formula is C12H20N2O. The number of carbonyl (C=O) groups excluding carboxylic acids is 1. The highest BCUT2D eigenvalue weighted by atomic mass is 16.2. The van der Waals surface area contributed by atoms with Crippen LogP contribution in [0.3, 0.4) is 0 Å². The predicted octanol–water partition coefficient (Wildman–Crippen LogP) is 1.00. The van der Waals surface area contributed by atoms with Crippen molar-refractivity contribution in [1.29, 1.82) is 0 Å². The third-order valence-corrected chi connectivity index (χ3v) is 2.74. The Kier molecular flexibility index (Phi) is 5.20. The standard InChI is InChI=1S/C12H20N2O/c1-3-5-6-12(15)14(9-4-2)11-7-8-13-10-11/h1,11,13H,4-10H2,2H3. The van der Waals surface area contributed by atoms with E-state index in [4.69, 9.17) is 6.42 Å². The quantitative estimate of drug-likeness (QED) is 0.684. The summed E-state index contributed by atoms with van der Waals surface area (Å²) in [6, 6.07) is 0.384. The van der Waals surface area contributed by atoms with Gasteiger partial charge in [-0.25, -0.2) is 0 Å². The van der Waals surface area contributed by atoms with E-state index in [1.165, 1.54) is 0 Å². The summed E-state index contributed by atoms with van der Waals surface area (Å²) in [5, 5.41) is 3.29. The second-order valence-corrected chi connectivity index (χ2v) is 3.94. The Balaban J connectivity index is 2.48. The maximum absolute atomic E-state index is 11.9. The highest BCUT2D eigenvalue weighted by molar-refractivity contribution is 5.76. The zero-order chi connectivity index (χ0) is 11.1. The Morgan fingerprint density at radius 1 is 1.67 bits per heavy atom. The lowest BCUT2D eigenvalue weighted by atomic mass is 10.1. The van der Waals surface area contributed by atoms with Gasteiger partial charge in [-0.3, -0.25) is 4.79 Å². The van der Waals surface area contributed by atoms with Crippen molar-refractivity contribution >= 4 is 5.91 Å². The van der Waals surface area contributed by atoms with Gasteiger partial charge in [0.2, 0.25) is 5.91 Å². The molecule has 1 rings (SSSR count). The van der Waals surface area contributed by atoms with E-state index in [0.29, 0.717) is 18.9 Å². The van der Waals surface area contributed by atoms with Gasteiger partial charge in [-0.1, -0.05) is 6.92 Å². The van der Waals surface area contributed by atoms with Gasteiger partial charge >= 0.3 is 0 Å². The van der Waals surface area contributed by atoms with Gasteiger partial charge in [0.1, 0.15) is 0 Å². The monoisotopic (exact) mass is 208 g/mol. The first-order valence-corrected chi connectivity index (χ1v) is 5.73. The van der Waals surface area contributed by atoms with E-state index < -0.39 is 0 Å².